The number of piperidine rings is 1. The summed E-state index contributed by atoms with van der Waals surface area (Å²) in [5.41, 5.74) is 1.03. The molecule has 7 nitrogen and oxygen atoms in total. The molecule has 196 valence electrons. The van der Waals surface area contributed by atoms with Crippen molar-refractivity contribution in [2.45, 2.75) is 91.4 Å². The molecule has 0 bridgehead atoms. The molecule has 4 atom stereocenters. The van der Waals surface area contributed by atoms with Gasteiger partial charge in [-0.3, -0.25) is 19.3 Å². The normalized spacial score (nSPS) is 19.0. The van der Waals surface area contributed by atoms with E-state index in [-0.39, 0.29) is 48.3 Å². The van der Waals surface area contributed by atoms with Gasteiger partial charge < -0.3 is 15.0 Å². The summed E-state index contributed by atoms with van der Waals surface area (Å²) in [4.78, 5) is 42.8. The van der Waals surface area contributed by atoms with Crippen LogP contribution in [0.1, 0.15) is 72.3 Å². The first-order valence-electron chi connectivity index (χ1n) is 13.1. The van der Waals surface area contributed by atoms with Crippen LogP contribution in [0, 0.1) is 11.8 Å². The van der Waals surface area contributed by atoms with Crippen LogP contribution in [0.5, 0.6) is 0 Å². The fraction of sp³-hybridized carbons (Fsp3) is 0.679. The molecule has 1 heterocycles. The molecule has 0 spiro atoms. The van der Waals surface area contributed by atoms with Gasteiger partial charge in [0, 0.05) is 25.9 Å². The third-order valence-corrected chi connectivity index (χ3v) is 7.22. The predicted molar refractivity (Wildman–Crippen MR) is 139 cm³/mol. The van der Waals surface area contributed by atoms with E-state index in [1.54, 1.807) is 0 Å². The van der Waals surface area contributed by atoms with Crippen LogP contribution in [0.15, 0.2) is 30.3 Å². The molecule has 1 aromatic carbocycles. The van der Waals surface area contributed by atoms with Crippen molar-refractivity contribution in [1.29, 1.82) is 0 Å². The summed E-state index contributed by atoms with van der Waals surface area (Å²) < 4.78 is 5.24. The van der Waals surface area contributed by atoms with Crippen molar-refractivity contribution in [3.05, 3.63) is 35.9 Å². The van der Waals surface area contributed by atoms with Crippen molar-refractivity contribution in [1.82, 2.24) is 15.1 Å². The molecule has 2 amide bonds. The van der Waals surface area contributed by atoms with Crippen LogP contribution in [0.2, 0.25) is 0 Å². The first kappa shape index (κ1) is 28.8. The standard InChI is InChI=1S/C28H45N3O4/c1-7-21(4)26(29-27(33)25-15-11-12-17-30(25)6)28(34)31(19-23-13-9-8-10-14-23)24(20(2)3)16-18-35-22(5)32/h8-10,13-14,20-21,24-26H,7,11-12,15-19H2,1-6H3,(H,29,33)/t21-,24+,25+,26-/m0/s1. The number of ether oxygens (including phenoxy) is 1. The number of nitrogens with one attached hydrogen (secondary N) is 1. The van der Waals surface area contributed by atoms with Crippen molar-refractivity contribution >= 4 is 17.8 Å². The van der Waals surface area contributed by atoms with Crippen LogP contribution < -0.4 is 5.32 Å². The summed E-state index contributed by atoms with van der Waals surface area (Å²) in [7, 11) is 1.98. The Morgan fingerprint density at radius 1 is 1.14 bits per heavy atom. The number of hydrogen-bond donors (Lipinski definition) is 1. The van der Waals surface area contributed by atoms with Crippen LogP contribution in [0.25, 0.3) is 0 Å². The Morgan fingerprint density at radius 3 is 2.40 bits per heavy atom. The number of carbonyl (C=O) groups excluding carboxylic acids is 3. The lowest BCUT2D eigenvalue weighted by Crippen LogP contribution is -2.58. The molecule has 0 unspecified atom stereocenters. The largest absolute Gasteiger partial charge is 0.466 e. The highest BCUT2D eigenvalue weighted by Gasteiger charge is 2.37. The summed E-state index contributed by atoms with van der Waals surface area (Å²) >= 11 is 0. The van der Waals surface area contributed by atoms with Gasteiger partial charge in [0.25, 0.3) is 0 Å². The van der Waals surface area contributed by atoms with E-state index >= 15 is 0 Å². The average Bonchev–Trinajstić information content (AvgIpc) is 2.83. The van der Waals surface area contributed by atoms with E-state index in [9.17, 15) is 14.4 Å². The number of carbonyl (C=O) groups is 3. The second-order valence-electron chi connectivity index (χ2n) is 10.3. The van der Waals surface area contributed by atoms with Crippen molar-refractivity contribution in [3.8, 4) is 0 Å². The maximum absolute atomic E-state index is 14.2. The number of rotatable bonds is 12. The van der Waals surface area contributed by atoms with Crippen molar-refractivity contribution in [2.24, 2.45) is 11.8 Å². The minimum atomic E-state index is -0.610. The summed E-state index contributed by atoms with van der Waals surface area (Å²) in [6.45, 7) is 11.2. The van der Waals surface area contributed by atoms with Crippen molar-refractivity contribution in [3.63, 3.8) is 0 Å². The maximum Gasteiger partial charge on any atom is 0.302 e. The van der Waals surface area contributed by atoms with Gasteiger partial charge >= 0.3 is 5.97 Å². The second-order valence-corrected chi connectivity index (χ2v) is 10.3. The van der Waals surface area contributed by atoms with Crippen LogP contribution in [0.3, 0.4) is 0 Å². The Balaban J connectivity index is 2.33. The van der Waals surface area contributed by atoms with Crippen LogP contribution >= 0.6 is 0 Å². The van der Waals surface area contributed by atoms with E-state index in [2.05, 4.69) is 24.1 Å². The number of likely N-dealkylation sites (N-methyl/N-ethyl adjacent to an activating group) is 1. The van der Waals surface area contributed by atoms with Gasteiger partial charge in [0.15, 0.2) is 0 Å². The number of hydrogen-bond acceptors (Lipinski definition) is 5. The number of esters is 1. The quantitative estimate of drug-likeness (QED) is 0.451. The van der Waals surface area contributed by atoms with Crippen molar-refractivity contribution in [2.75, 3.05) is 20.2 Å². The summed E-state index contributed by atoms with van der Waals surface area (Å²) in [5, 5.41) is 3.14. The Bertz CT molecular complexity index is 814. The van der Waals surface area contributed by atoms with Crippen LogP contribution in [0.4, 0.5) is 0 Å². The maximum atomic E-state index is 14.2. The predicted octanol–water partition coefficient (Wildman–Crippen LogP) is 4.01. The molecular weight excluding hydrogens is 442 g/mol. The smallest absolute Gasteiger partial charge is 0.302 e. The van der Waals surface area contributed by atoms with Crippen molar-refractivity contribution < 1.29 is 19.1 Å². The number of amides is 2. The molecule has 1 fully saturated rings. The molecule has 1 saturated heterocycles. The number of benzene rings is 1. The summed E-state index contributed by atoms with van der Waals surface area (Å²) in [5.74, 6) is -0.325. The molecule has 1 N–H and O–H groups in total. The number of nitrogens with zero attached hydrogens (tertiary/aromatic N) is 2. The van der Waals surface area contributed by atoms with Gasteiger partial charge in [-0.2, -0.15) is 0 Å². The third-order valence-electron chi connectivity index (χ3n) is 7.22. The zero-order valence-corrected chi connectivity index (χ0v) is 22.5. The summed E-state index contributed by atoms with van der Waals surface area (Å²) in [6.07, 6.45) is 4.25. The molecular formula is C28H45N3O4. The van der Waals surface area contributed by atoms with Crippen LogP contribution in [-0.2, 0) is 25.7 Å². The fourth-order valence-corrected chi connectivity index (χ4v) is 4.83. The minimum Gasteiger partial charge on any atom is -0.466 e. The molecule has 35 heavy (non-hydrogen) atoms. The lowest BCUT2D eigenvalue weighted by Gasteiger charge is -2.39. The van der Waals surface area contributed by atoms with E-state index in [1.165, 1.54) is 6.92 Å². The van der Waals surface area contributed by atoms with Gasteiger partial charge in [0.2, 0.25) is 11.8 Å². The van der Waals surface area contributed by atoms with Gasteiger partial charge in [0.1, 0.15) is 6.04 Å². The van der Waals surface area contributed by atoms with Crippen LogP contribution in [-0.4, -0.2) is 65.9 Å². The molecule has 0 radical (unpaired) electrons. The van der Waals surface area contributed by atoms with Gasteiger partial charge in [-0.1, -0.05) is 70.9 Å². The summed E-state index contributed by atoms with van der Waals surface area (Å²) in [6, 6.07) is 8.97. The average molecular weight is 488 g/mol. The Kier molecular flexibility index (Phi) is 11.7. The first-order valence-corrected chi connectivity index (χ1v) is 13.1. The first-order chi connectivity index (χ1) is 16.6. The molecule has 0 aromatic heterocycles. The highest BCUT2D eigenvalue weighted by Crippen LogP contribution is 2.23. The Labute approximate surface area is 211 Å². The lowest BCUT2D eigenvalue weighted by atomic mass is 9.93. The fourth-order valence-electron chi connectivity index (χ4n) is 4.83. The Hall–Kier alpha value is -2.41. The minimum absolute atomic E-state index is 0.0140. The van der Waals surface area contributed by atoms with E-state index < -0.39 is 6.04 Å². The molecule has 7 heteroatoms. The molecule has 0 aliphatic carbocycles. The molecule has 1 aliphatic heterocycles. The zero-order valence-electron chi connectivity index (χ0n) is 22.5. The van der Waals surface area contributed by atoms with E-state index in [1.807, 2.05) is 56.1 Å². The van der Waals surface area contributed by atoms with Gasteiger partial charge in [0.05, 0.1) is 12.6 Å². The van der Waals surface area contributed by atoms with Gasteiger partial charge in [-0.25, -0.2) is 0 Å². The van der Waals surface area contributed by atoms with E-state index in [0.717, 1.165) is 37.8 Å². The highest BCUT2D eigenvalue weighted by atomic mass is 16.5. The van der Waals surface area contributed by atoms with E-state index in [0.29, 0.717) is 13.0 Å². The number of likely N-dealkylation sites (tertiary alicyclic amines) is 1. The SMILES string of the molecule is CC[C@H](C)[C@H](NC(=O)[C@H]1CCCCN1C)C(=O)N(Cc1ccccc1)[C@H](CCOC(C)=O)C(C)C. The topological polar surface area (TPSA) is 79.0 Å². The highest BCUT2D eigenvalue weighted by molar-refractivity contribution is 5.90. The second kappa shape index (κ2) is 14.2. The molecule has 1 aliphatic rings. The molecule has 0 saturated carbocycles. The zero-order chi connectivity index (χ0) is 26.0. The van der Waals surface area contributed by atoms with Gasteiger partial charge in [-0.15, -0.1) is 0 Å². The lowest BCUT2D eigenvalue weighted by molar-refractivity contribution is -0.145. The Morgan fingerprint density at radius 2 is 1.83 bits per heavy atom. The molecule has 1 aromatic rings. The third kappa shape index (κ3) is 8.64. The van der Waals surface area contributed by atoms with E-state index in [4.69, 9.17) is 4.74 Å². The monoisotopic (exact) mass is 487 g/mol. The molecule has 2 rings (SSSR count). The van der Waals surface area contributed by atoms with Gasteiger partial charge in [-0.05, 0) is 43.8 Å².